The number of benzene rings is 2. The fraction of sp³-hybridized carbons (Fsp3) is 0.517. The van der Waals surface area contributed by atoms with Crippen LogP contribution in [-0.2, 0) is 10.9 Å². The molecule has 2 saturated heterocycles. The van der Waals surface area contributed by atoms with E-state index in [9.17, 15) is 46.8 Å². The second-order valence-electron chi connectivity index (χ2n) is 12.0. The van der Waals surface area contributed by atoms with Crippen molar-refractivity contribution in [2.75, 3.05) is 19.0 Å². The zero-order valence-electron chi connectivity index (χ0n) is 23.7. The van der Waals surface area contributed by atoms with E-state index < -0.39 is 86.6 Å². The molecule has 2 fully saturated rings. The molecule has 3 aromatic rings. The van der Waals surface area contributed by atoms with Gasteiger partial charge >= 0.3 is 6.18 Å². The summed E-state index contributed by atoms with van der Waals surface area (Å²) in [7, 11) is -1.95. The zero-order valence-corrected chi connectivity index (χ0v) is 24.6. The first-order chi connectivity index (χ1) is 20.6. The highest BCUT2D eigenvalue weighted by Gasteiger charge is 2.54. The number of rotatable bonds is 6. The van der Waals surface area contributed by atoms with Crippen molar-refractivity contribution in [3.05, 3.63) is 71.2 Å². The number of aliphatic hydroxyl groups is 4. The van der Waals surface area contributed by atoms with Gasteiger partial charge in [-0.05, 0) is 37.6 Å². The van der Waals surface area contributed by atoms with Crippen molar-refractivity contribution < 1.29 is 51.5 Å². The minimum atomic E-state index is -4.78. The third kappa shape index (κ3) is 6.09. The maximum absolute atomic E-state index is 14.3. The van der Waals surface area contributed by atoms with Gasteiger partial charge in [0.05, 0.1) is 48.4 Å². The van der Waals surface area contributed by atoms with Crippen LogP contribution in [0.15, 0.2) is 42.6 Å². The molecule has 5 rings (SSSR count). The highest BCUT2D eigenvalue weighted by atomic mass is 32.2. The van der Waals surface area contributed by atoms with Gasteiger partial charge in [-0.15, -0.1) is 5.10 Å². The number of halogens is 6. The number of nitrogens with zero attached hydrogens (tertiary/aromatic N) is 3. The fourth-order valence-electron chi connectivity index (χ4n) is 6.60. The van der Waals surface area contributed by atoms with Crippen LogP contribution in [0.25, 0.3) is 11.3 Å². The minimum Gasteiger partial charge on any atom is -0.395 e. The van der Waals surface area contributed by atoms with E-state index in [-0.39, 0.29) is 42.0 Å². The molecule has 15 heteroatoms. The first kappa shape index (κ1) is 32.7. The van der Waals surface area contributed by atoms with Crippen LogP contribution in [0.3, 0.4) is 0 Å². The van der Waals surface area contributed by atoms with Gasteiger partial charge in [0, 0.05) is 34.7 Å². The Morgan fingerprint density at radius 1 is 1.11 bits per heavy atom. The van der Waals surface area contributed by atoms with Crippen LogP contribution in [0.5, 0.6) is 0 Å². The van der Waals surface area contributed by atoms with Gasteiger partial charge in [0.15, 0.2) is 17.5 Å². The smallest absolute Gasteiger partial charge is 0.395 e. The fourth-order valence-corrected chi connectivity index (χ4v) is 10.3. The van der Waals surface area contributed by atoms with E-state index in [0.29, 0.717) is 12.1 Å². The van der Waals surface area contributed by atoms with E-state index in [4.69, 9.17) is 4.74 Å². The molecule has 0 bridgehead atoms. The summed E-state index contributed by atoms with van der Waals surface area (Å²) in [6.45, 7) is 2.79. The Kier molecular flexibility index (Phi) is 8.85. The lowest BCUT2D eigenvalue weighted by atomic mass is 9.79. The average Bonchev–Trinajstić information content (AvgIpc) is 3.40. The first-order valence-electron chi connectivity index (χ1n) is 13.9. The number of thiol groups is 1. The third-order valence-electron chi connectivity index (χ3n) is 8.41. The maximum atomic E-state index is 14.3. The molecule has 3 heterocycles. The predicted molar refractivity (Wildman–Crippen MR) is 150 cm³/mol. The van der Waals surface area contributed by atoms with Gasteiger partial charge in [-0.3, -0.25) is 0 Å². The Hall–Kier alpha value is -2.69. The molecule has 0 radical (unpaired) electrons. The van der Waals surface area contributed by atoms with Gasteiger partial charge in [0.2, 0.25) is 0 Å². The number of hydrogen-bond acceptors (Lipinski definition) is 7. The average molecular weight is 650 g/mol. The number of alkyl halides is 3. The number of hydrogen-bond donors (Lipinski definition) is 5. The summed E-state index contributed by atoms with van der Waals surface area (Å²) >= 11 is 0. The molecule has 242 valence electrons. The summed E-state index contributed by atoms with van der Waals surface area (Å²) in [4.78, 5) is 0. The normalized spacial score (nSPS) is 30.7. The zero-order chi connectivity index (χ0) is 32.2. The summed E-state index contributed by atoms with van der Waals surface area (Å²) in [6, 6.07) is 5.00. The summed E-state index contributed by atoms with van der Waals surface area (Å²) in [5.74, 6) is -4.79. The molecule has 2 aliphatic heterocycles. The van der Waals surface area contributed by atoms with Crippen molar-refractivity contribution in [2.24, 2.45) is 0 Å². The Morgan fingerprint density at radius 2 is 1.77 bits per heavy atom. The van der Waals surface area contributed by atoms with Gasteiger partial charge in [-0.25, -0.2) is 28.7 Å². The summed E-state index contributed by atoms with van der Waals surface area (Å²) in [5.41, 5.74) is -4.08. The van der Waals surface area contributed by atoms with E-state index in [1.54, 1.807) is 13.8 Å². The predicted octanol–water partition coefficient (Wildman–Crippen LogP) is 4.08. The summed E-state index contributed by atoms with van der Waals surface area (Å²) in [5, 5.41) is 51.0. The molecule has 1 aromatic heterocycles. The topological polar surface area (TPSA) is 121 Å². The molecule has 3 unspecified atom stereocenters. The van der Waals surface area contributed by atoms with E-state index in [0.717, 1.165) is 10.7 Å². The maximum Gasteiger partial charge on any atom is 0.416 e. The molecule has 2 aliphatic rings. The Balaban J connectivity index is 1.55. The molecule has 7 atom stereocenters. The van der Waals surface area contributed by atoms with E-state index in [1.165, 1.54) is 24.4 Å². The van der Waals surface area contributed by atoms with Crippen LogP contribution in [0.2, 0.25) is 0 Å². The largest absolute Gasteiger partial charge is 0.416 e. The molecule has 0 spiro atoms. The van der Waals surface area contributed by atoms with E-state index >= 15 is 0 Å². The number of aliphatic hydroxyl groups excluding tert-OH is 3. The highest BCUT2D eigenvalue weighted by Crippen LogP contribution is 2.61. The van der Waals surface area contributed by atoms with Crippen molar-refractivity contribution in [2.45, 2.75) is 72.8 Å². The highest BCUT2D eigenvalue weighted by molar-refractivity contribution is 8.18. The van der Waals surface area contributed by atoms with Crippen LogP contribution in [0.4, 0.5) is 26.3 Å². The van der Waals surface area contributed by atoms with Gasteiger partial charge in [0.1, 0.15) is 11.7 Å². The van der Waals surface area contributed by atoms with Gasteiger partial charge in [-0.2, -0.15) is 13.2 Å². The van der Waals surface area contributed by atoms with Crippen LogP contribution in [0.1, 0.15) is 49.1 Å². The molecule has 0 saturated carbocycles. The standard InChI is InChI=1S/C29H33F6N3O5S/c1-27(2)14-28(42,7-8-43-27)26(16-5-3-4-6-17(16)29(33,34)35)44-13-21(40)24(25(41)22(44)12-39)38-11-20(36-37-38)15-9-18(30)23(32)19(31)10-15/h3-6,9-11,21-22,24-26,39-42,44H,7-8,12-14H2,1-2H3/t21-,22+,24-,25-,26?,28?/m0/s1. The second-order valence-corrected chi connectivity index (χ2v) is 14.5. The van der Waals surface area contributed by atoms with Crippen LogP contribution in [0, 0.1) is 17.5 Å². The molecule has 0 amide bonds. The minimum absolute atomic E-state index is 0.0168. The van der Waals surface area contributed by atoms with Crippen LogP contribution in [-0.4, -0.2) is 83.0 Å². The summed E-state index contributed by atoms with van der Waals surface area (Å²) < 4.78 is 90.9. The Bertz CT molecular complexity index is 1480. The van der Waals surface area contributed by atoms with Crippen molar-refractivity contribution in [1.82, 2.24) is 15.0 Å². The molecule has 0 aliphatic carbocycles. The van der Waals surface area contributed by atoms with Gasteiger partial charge in [0.25, 0.3) is 0 Å². The first-order valence-corrected chi connectivity index (χ1v) is 15.5. The lowest BCUT2D eigenvalue weighted by Gasteiger charge is -2.54. The Labute approximate surface area is 251 Å². The Morgan fingerprint density at radius 3 is 2.39 bits per heavy atom. The quantitative estimate of drug-likeness (QED) is 0.155. The van der Waals surface area contributed by atoms with Crippen molar-refractivity contribution in [3.63, 3.8) is 0 Å². The van der Waals surface area contributed by atoms with Crippen LogP contribution < -0.4 is 0 Å². The molecule has 8 nitrogen and oxygen atoms in total. The summed E-state index contributed by atoms with van der Waals surface area (Å²) in [6.07, 6.45) is -6.68. The second kappa shape index (κ2) is 11.9. The molecular weight excluding hydrogens is 616 g/mol. The monoisotopic (exact) mass is 649 g/mol. The van der Waals surface area contributed by atoms with Gasteiger partial charge < -0.3 is 25.2 Å². The lowest BCUT2D eigenvalue weighted by molar-refractivity contribution is -0.148. The SMILES string of the molecule is CC1(C)CC(O)(C(c2ccccc2C(F)(F)F)[SH]2C[C@H](O)[C@H](n3cc(-c4cc(F)c(F)c(F)c4)nn3)[C@@H](O)[C@H]2CO)CCO1. The van der Waals surface area contributed by atoms with Crippen molar-refractivity contribution in [1.29, 1.82) is 0 Å². The lowest BCUT2D eigenvalue weighted by Crippen LogP contribution is -2.55. The van der Waals surface area contributed by atoms with Crippen LogP contribution >= 0.6 is 10.9 Å². The molecule has 4 N–H and O–H groups in total. The molecular formula is C29H33F6N3O5S. The number of ether oxygens (including phenoxy) is 1. The molecule has 2 aromatic carbocycles. The van der Waals surface area contributed by atoms with Crippen molar-refractivity contribution >= 4 is 10.9 Å². The van der Waals surface area contributed by atoms with Gasteiger partial charge in [-0.1, -0.05) is 23.4 Å². The van der Waals surface area contributed by atoms with E-state index in [2.05, 4.69) is 10.3 Å². The number of aromatic nitrogens is 3. The van der Waals surface area contributed by atoms with E-state index in [1.807, 2.05) is 0 Å². The van der Waals surface area contributed by atoms with Crippen molar-refractivity contribution in [3.8, 4) is 11.3 Å². The third-order valence-corrected chi connectivity index (χ3v) is 11.9. The molecule has 44 heavy (non-hydrogen) atoms.